The van der Waals surface area contributed by atoms with Crippen LogP contribution in [0.2, 0.25) is 0 Å². The van der Waals surface area contributed by atoms with Crippen molar-refractivity contribution < 1.29 is 30.6 Å². The van der Waals surface area contributed by atoms with Crippen molar-refractivity contribution in [3.05, 3.63) is 200 Å². The molecule has 7 heteroatoms. The molecule has 9 rings (SSSR count). The molecule has 6 N–H and O–H groups in total. The molecule has 0 aliphatic carbocycles. The maximum Gasteiger partial charge on any atom is 0.158 e. The summed E-state index contributed by atoms with van der Waals surface area (Å²) in [7, 11) is 0. The van der Waals surface area contributed by atoms with Crippen molar-refractivity contribution >= 4 is 17.1 Å². The molecule has 0 aliphatic rings. The molecule has 0 bridgehead atoms. The Labute approximate surface area is 352 Å². The summed E-state index contributed by atoms with van der Waals surface area (Å²) in [5.41, 5.74) is 14.4. The summed E-state index contributed by atoms with van der Waals surface area (Å²) in [5, 5.41) is 59.2. The zero-order valence-electron chi connectivity index (χ0n) is 32.7. The first-order chi connectivity index (χ1) is 29.7. The van der Waals surface area contributed by atoms with Gasteiger partial charge in [0, 0.05) is 17.1 Å². The van der Waals surface area contributed by atoms with E-state index in [0.717, 1.165) is 83.8 Å². The van der Waals surface area contributed by atoms with E-state index in [-0.39, 0.29) is 34.5 Å². The molecular weight excluding hydrogens is 759 g/mol. The number of aromatic hydroxyl groups is 6. The molecule has 0 spiro atoms. The monoisotopic (exact) mass is 797 g/mol. The Morgan fingerprint density at radius 2 is 0.344 bits per heavy atom. The van der Waals surface area contributed by atoms with Gasteiger partial charge in [-0.05, 0) is 140 Å². The van der Waals surface area contributed by atoms with Crippen LogP contribution in [0.1, 0.15) is 0 Å². The van der Waals surface area contributed by atoms with Crippen LogP contribution in [-0.4, -0.2) is 30.6 Å². The first kappa shape index (κ1) is 38.1. The standard InChI is InChI=1S/C54H39NO6/c56-49-28-19-43(31-52(49)59)40-7-1-34(2-8-40)37-13-22-46(23-14-37)55(47-24-15-38(16-25-47)35-3-9-41(10-4-35)44-20-29-50(57)53(60)32-44)48-26-17-39(18-27-48)36-5-11-42(12-6-36)45-21-30-51(58)54(61)33-45/h1-33,56-61H. The fourth-order valence-electron chi connectivity index (χ4n) is 7.53. The van der Waals surface area contributed by atoms with Crippen LogP contribution in [0.4, 0.5) is 17.1 Å². The fourth-order valence-corrected chi connectivity index (χ4v) is 7.53. The summed E-state index contributed by atoms with van der Waals surface area (Å²) in [5.74, 6) is -0.917. The lowest BCUT2D eigenvalue weighted by molar-refractivity contribution is 0.404. The third-order valence-corrected chi connectivity index (χ3v) is 11.0. The largest absolute Gasteiger partial charge is 0.504 e. The molecule has 296 valence electrons. The van der Waals surface area contributed by atoms with Gasteiger partial charge in [-0.2, -0.15) is 0 Å². The van der Waals surface area contributed by atoms with Gasteiger partial charge in [-0.15, -0.1) is 0 Å². The van der Waals surface area contributed by atoms with Gasteiger partial charge in [-0.1, -0.05) is 127 Å². The number of hydrogen-bond acceptors (Lipinski definition) is 7. The third-order valence-electron chi connectivity index (χ3n) is 11.0. The number of phenols is 6. The third kappa shape index (κ3) is 7.91. The Morgan fingerprint density at radius 3 is 0.541 bits per heavy atom. The molecule has 0 heterocycles. The van der Waals surface area contributed by atoms with Gasteiger partial charge in [0.25, 0.3) is 0 Å². The molecule has 0 atom stereocenters. The Balaban J connectivity index is 1.01. The highest BCUT2D eigenvalue weighted by atomic mass is 16.3. The summed E-state index contributed by atoms with van der Waals surface area (Å²) >= 11 is 0. The van der Waals surface area contributed by atoms with Crippen molar-refractivity contribution in [2.75, 3.05) is 4.90 Å². The molecule has 0 radical (unpaired) electrons. The molecule has 0 aliphatic heterocycles. The minimum absolute atomic E-state index is 0.150. The first-order valence-corrected chi connectivity index (χ1v) is 19.7. The summed E-state index contributed by atoms with van der Waals surface area (Å²) in [6.45, 7) is 0. The van der Waals surface area contributed by atoms with Gasteiger partial charge in [0.15, 0.2) is 34.5 Å². The summed E-state index contributed by atoms with van der Waals surface area (Å²) in [6.07, 6.45) is 0. The molecule has 61 heavy (non-hydrogen) atoms. The van der Waals surface area contributed by atoms with Gasteiger partial charge < -0.3 is 35.5 Å². The van der Waals surface area contributed by atoms with E-state index in [2.05, 4.69) is 77.7 Å². The van der Waals surface area contributed by atoms with Crippen molar-refractivity contribution in [1.82, 2.24) is 0 Å². The van der Waals surface area contributed by atoms with Crippen LogP contribution in [0.5, 0.6) is 34.5 Å². The van der Waals surface area contributed by atoms with E-state index in [0.29, 0.717) is 0 Å². The Morgan fingerprint density at radius 1 is 0.180 bits per heavy atom. The second-order valence-corrected chi connectivity index (χ2v) is 14.8. The number of rotatable bonds is 9. The van der Waals surface area contributed by atoms with Crippen molar-refractivity contribution in [3.8, 4) is 101 Å². The predicted octanol–water partition coefficient (Wildman–Crippen LogP) is 13.4. The molecule has 7 nitrogen and oxygen atoms in total. The van der Waals surface area contributed by atoms with Crippen LogP contribution in [0, 0.1) is 0 Å². The van der Waals surface area contributed by atoms with Gasteiger partial charge in [0.2, 0.25) is 0 Å². The highest BCUT2D eigenvalue weighted by molar-refractivity contribution is 5.82. The zero-order valence-corrected chi connectivity index (χ0v) is 32.7. The molecule has 0 amide bonds. The average Bonchev–Trinajstić information content (AvgIpc) is 3.30. The number of anilines is 3. The predicted molar refractivity (Wildman–Crippen MR) is 244 cm³/mol. The van der Waals surface area contributed by atoms with Gasteiger partial charge in [0.05, 0.1) is 0 Å². The van der Waals surface area contributed by atoms with Gasteiger partial charge in [-0.3, -0.25) is 0 Å². The van der Waals surface area contributed by atoms with Crippen LogP contribution >= 0.6 is 0 Å². The SMILES string of the molecule is Oc1ccc(-c2ccc(-c3ccc(N(c4ccc(-c5ccc(-c6ccc(O)c(O)c6)cc5)cc4)c4ccc(-c5ccc(-c6ccc(O)c(O)c6)cc5)cc4)cc3)cc2)cc1O. The molecule has 0 unspecified atom stereocenters. The second kappa shape index (κ2) is 16.1. The van der Waals surface area contributed by atoms with Gasteiger partial charge in [0.1, 0.15) is 0 Å². The van der Waals surface area contributed by atoms with E-state index in [9.17, 15) is 30.6 Å². The Kier molecular flexibility index (Phi) is 10.1. The summed E-state index contributed by atoms with van der Waals surface area (Å²) < 4.78 is 0. The minimum atomic E-state index is -0.155. The number of hydrogen-bond donors (Lipinski definition) is 6. The lowest BCUT2D eigenvalue weighted by Crippen LogP contribution is -2.09. The molecule has 0 saturated carbocycles. The van der Waals surface area contributed by atoms with E-state index >= 15 is 0 Å². The molecule has 0 saturated heterocycles. The molecular formula is C54H39NO6. The van der Waals surface area contributed by atoms with E-state index < -0.39 is 0 Å². The highest BCUT2D eigenvalue weighted by Gasteiger charge is 2.15. The maximum atomic E-state index is 10.00. The maximum absolute atomic E-state index is 10.00. The van der Waals surface area contributed by atoms with Gasteiger partial charge >= 0.3 is 0 Å². The van der Waals surface area contributed by atoms with Crippen LogP contribution in [-0.2, 0) is 0 Å². The lowest BCUT2D eigenvalue weighted by Gasteiger charge is -2.26. The van der Waals surface area contributed by atoms with Crippen LogP contribution < -0.4 is 4.90 Å². The molecule has 0 fully saturated rings. The normalized spacial score (nSPS) is 11.0. The fraction of sp³-hybridized carbons (Fsp3) is 0. The van der Waals surface area contributed by atoms with Crippen molar-refractivity contribution in [3.63, 3.8) is 0 Å². The number of phenolic OH excluding ortho intramolecular Hbond substituents is 6. The van der Waals surface area contributed by atoms with E-state index in [1.165, 1.54) is 18.2 Å². The molecule has 0 aromatic heterocycles. The number of benzene rings is 9. The van der Waals surface area contributed by atoms with E-state index in [4.69, 9.17) is 0 Å². The first-order valence-electron chi connectivity index (χ1n) is 19.7. The summed E-state index contributed by atoms with van der Waals surface area (Å²) in [4.78, 5) is 2.22. The lowest BCUT2D eigenvalue weighted by atomic mass is 9.99. The van der Waals surface area contributed by atoms with Crippen LogP contribution in [0.3, 0.4) is 0 Å². The molecule has 9 aromatic carbocycles. The topological polar surface area (TPSA) is 125 Å². The number of nitrogens with zero attached hydrogens (tertiary/aromatic N) is 1. The smallest absolute Gasteiger partial charge is 0.158 e. The minimum Gasteiger partial charge on any atom is -0.504 e. The van der Waals surface area contributed by atoms with Crippen molar-refractivity contribution in [1.29, 1.82) is 0 Å². The quantitative estimate of drug-likeness (QED) is 0.0803. The van der Waals surface area contributed by atoms with Gasteiger partial charge in [-0.25, -0.2) is 0 Å². The zero-order chi connectivity index (χ0) is 42.0. The second-order valence-electron chi connectivity index (χ2n) is 14.8. The summed E-state index contributed by atoms with van der Waals surface area (Å²) in [6, 6.07) is 64.1. The Bertz CT molecular complexity index is 2650. The van der Waals surface area contributed by atoms with Crippen LogP contribution in [0.15, 0.2) is 200 Å². The highest BCUT2D eigenvalue weighted by Crippen LogP contribution is 2.40. The Hall–Kier alpha value is -8.42. The molecule has 9 aromatic rings. The van der Waals surface area contributed by atoms with Crippen LogP contribution in [0.25, 0.3) is 66.8 Å². The van der Waals surface area contributed by atoms with Crippen molar-refractivity contribution in [2.24, 2.45) is 0 Å². The van der Waals surface area contributed by atoms with E-state index in [1.807, 2.05) is 72.8 Å². The van der Waals surface area contributed by atoms with Crippen molar-refractivity contribution in [2.45, 2.75) is 0 Å². The average molecular weight is 798 g/mol. The van der Waals surface area contributed by atoms with E-state index in [1.54, 1.807) is 36.4 Å².